The fraction of sp³-hybridized carbons (Fsp3) is 0.571. The standard InChI is InChI=1S/C14H22FN/c1-4-7-12(8-5-2)16-14-10-6-9-13(15)11(14)3/h6,9-10,12,16H,4-5,7-8H2,1-3H3. The van der Waals surface area contributed by atoms with Gasteiger partial charge in [-0.15, -0.1) is 0 Å². The summed E-state index contributed by atoms with van der Waals surface area (Å²) in [5, 5.41) is 3.45. The van der Waals surface area contributed by atoms with Crippen LogP contribution < -0.4 is 5.32 Å². The Morgan fingerprint density at radius 3 is 2.38 bits per heavy atom. The van der Waals surface area contributed by atoms with E-state index >= 15 is 0 Å². The maximum absolute atomic E-state index is 13.4. The number of halogens is 1. The maximum atomic E-state index is 13.4. The molecule has 0 aliphatic rings. The molecule has 0 heterocycles. The van der Waals surface area contributed by atoms with Gasteiger partial charge < -0.3 is 5.32 Å². The highest BCUT2D eigenvalue weighted by Crippen LogP contribution is 2.20. The number of nitrogens with one attached hydrogen (secondary N) is 1. The molecule has 16 heavy (non-hydrogen) atoms. The highest BCUT2D eigenvalue weighted by molar-refractivity contribution is 5.51. The van der Waals surface area contributed by atoms with Crippen molar-refractivity contribution < 1.29 is 4.39 Å². The number of benzene rings is 1. The second kappa shape index (κ2) is 6.51. The summed E-state index contributed by atoms with van der Waals surface area (Å²) in [4.78, 5) is 0. The summed E-state index contributed by atoms with van der Waals surface area (Å²) < 4.78 is 13.4. The van der Waals surface area contributed by atoms with Crippen LogP contribution in [-0.2, 0) is 0 Å². The van der Waals surface area contributed by atoms with Crippen LogP contribution in [0.3, 0.4) is 0 Å². The van der Waals surface area contributed by atoms with Crippen molar-refractivity contribution in [2.24, 2.45) is 0 Å². The molecular formula is C14H22FN. The molecule has 0 bridgehead atoms. The lowest BCUT2D eigenvalue weighted by Gasteiger charge is -2.20. The van der Waals surface area contributed by atoms with E-state index in [0.717, 1.165) is 36.9 Å². The summed E-state index contributed by atoms with van der Waals surface area (Å²) in [5.41, 5.74) is 1.66. The fourth-order valence-corrected chi connectivity index (χ4v) is 1.97. The Bertz CT molecular complexity index is 317. The Morgan fingerprint density at radius 2 is 1.81 bits per heavy atom. The van der Waals surface area contributed by atoms with Gasteiger partial charge in [-0.05, 0) is 31.9 Å². The van der Waals surface area contributed by atoms with Crippen LogP contribution in [0.5, 0.6) is 0 Å². The third-order valence-electron chi connectivity index (χ3n) is 2.90. The summed E-state index contributed by atoms with van der Waals surface area (Å²) >= 11 is 0. The average Bonchev–Trinajstić information content (AvgIpc) is 2.25. The molecule has 0 amide bonds. The predicted molar refractivity (Wildman–Crippen MR) is 68.4 cm³/mol. The smallest absolute Gasteiger partial charge is 0.128 e. The Kier molecular flexibility index (Phi) is 5.30. The van der Waals surface area contributed by atoms with Crippen LogP contribution in [0, 0.1) is 12.7 Å². The highest BCUT2D eigenvalue weighted by Gasteiger charge is 2.09. The summed E-state index contributed by atoms with van der Waals surface area (Å²) in [7, 11) is 0. The molecule has 0 unspecified atom stereocenters. The molecule has 0 spiro atoms. The van der Waals surface area contributed by atoms with E-state index in [1.54, 1.807) is 6.07 Å². The van der Waals surface area contributed by atoms with Gasteiger partial charge in [-0.1, -0.05) is 32.8 Å². The molecule has 0 saturated heterocycles. The third kappa shape index (κ3) is 3.51. The first kappa shape index (κ1) is 13.0. The normalized spacial score (nSPS) is 10.8. The van der Waals surface area contributed by atoms with Gasteiger partial charge in [0.15, 0.2) is 0 Å². The van der Waals surface area contributed by atoms with Crippen LogP contribution in [0.15, 0.2) is 18.2 Å². The van der Waals surface area contributed by atoms with E-state index in [9.17, 15) is 4.39 Å². The van der Waals surface area contributed by atoms with Gasteiger partial charge in [-0.2, -0.15) is 0 Å². The van der Waals surface area contributed by atoms with Gasteiger partial charge in [0.2, 0.25) is 0 Å². The zero-order chi connectivity index (χ0) is 12.0. The molecule has 2 heteroatoms. The van der Waals surface area contributed by atoms with Crippen molar-refractivity contribution in [3.05, 3.63) is 29.6 Å². The molecule has 1 nitrogen and oxygen atoms in total. The van der Waals surface area contributed by atoms with E-state index in [1.165, 1.54) is 6.07 Å². The summed E-state index contributed by atoms with van der Waals surface area (Å²) in [5.74, 6) is -0.128. The topological polar surface area (TPSA) is 12.0 Å². The van der Waals surface area contributed by atoms with E-state index in [1.807, 2.05) is 13.0 Å². The second-order valence-electron chi connectivity index (χ2n) is 4.33. The highest BCUT2D eigenvalue weighted by atomic mass is 19.1. The number of hydrogen-bond acceptors (Lipinski definition) is 1. The largest absolute Gasteiger partial charge is 0.382 e. The zero-order valence-electron chi connectivity index (χ0n) is 10.5. The first-order valence-electron chi connectivity index (χ1n) is 6.20. The lowest BCUT2D eigenvalue weighted by molar-refractivity contribution is 0.583. The first-order chi connectivity index (χ1) is 7.69. The molecule has 0 aliphatic carbocycles. The monoisotopic (exact) mass is 223 g/mol. The minimum absolute atomic E-state index is 0.128. The molecular weight excluding hydrogens is 201 g/mol. The van der Waals surface area contributed by atoms with Gasteiger partial charge in [0.05, 0.1) is 0 Å². The van der Waals surface area contributed by atoms with Gasteiger partial charge in [0.1, 0.15) is 5.82 Å². The molecule has 0 aliphatic heterocycles. The second-order valence-corrected chi connectivity index (χ2v) is 4.33. The zero-order valence-corrected chi connectivity index (χ0v) is 10.5. The van der Waals surface area contributed by atoms with Crippen molar-refractivity contribution in [3.8, 4) is 0 Å². The van der Waals surface area contributed by atoms with Crippen LogP contribution in [0.2, 0.25) is 0 Å². The Balaban J connectivity index is 2.72. The van der Waals surface area contributed by atoms with Crippen molar-refractivity contribution in [1.29, 1.82) is 0 Å². The summed E-state index contributed by atoms with van der Waals surface area (Å²) in [6, 6.07) is 5.70. The molecule has 90 valence electrons. The van der Waals surface area contributed by atoms with Crippen molar-refractivity contribution in [3.63, 3.8) is 0 Å². The van der Waals surface area contributed by atoms with E-state index in [2.05, 4.69) is 19.2 Å². The molecule has 0 atom stereocenters. The number of hydrogen-bond donors (Lipinski definition) is 1. The van der Waals surface area contributed by atoms with E-state index in [4.69, 9.17) is 0 Å². The van der Waals surface area contributed by atoms with Crippen molar-refractivity contribution in [1.82, 2.24) is 0 Å². The Morgan fingerprint density at radius 1 is 1.19 bits per heavy atom. The number of anilines is 1. The van der Waals surface area contributed by atoms with Crippen molar-refractivity contribution in [2.45, 2.75) is 52.5 Å². The molecule has 1 aromatic rings. The van der Waals surface area contributed by atoms with Crippen molar-refractivity contribution in [2.75, 3.05) is 5.32 Å². The quantitative estimate of drug-likeness (QED) is 0.748. The summed E-state index contributed by atoms with van der Waals surface area (Å²) in [6.45, 7) is 6.19. The molecule has 0 fully saturated rings. The fourth-order valence-electron chi connectivity index (χ4n) is 1.97. The summed E-state index contributed by atoms with van der Waals surface area (Å²) in [6.07, 6.45) is 4.60. The van der Waals surface area contributed by atoms with Crippen LogP contribution in [0.1, 0.15) is 45.1 Å². The van der Waals surface area contributed by atoms with Gasteiger partial charge in [-0.25, -0.2) is 4.39 Å². The van der Waals surface area contributed by atoms with Crippen LogP contribution in [-0.4, -0.2) is 6.04 Å². The lowest BCUT2D eigenvalue weighted by Crippen LogP contribution is -2.19. The van der Waals surface area contributed by atoms with Gasteiger partial charge in [-0.3, -0.25) is 0 Å². The van der Waals surface area contributed by atoms with Gasteiger partial charge in [0.25, 0.3) is 0 Å². The van der Waals surface area contributed by atoms with Gasteiger partial charge in [0, 0.05) is 17.3 Å². The SMILES string of the molecule is CCCC(CCC)Nc1cccc(F)c1C. The van der Waals surface area contributed by atoms with Crippen LogP contribution >= 0.6 is 0 Å². The van der Waals surface area contributed by atoms with E-state index in [0.29, 0.717) is 6.04 Å². The third-order valence-corrected chi connectivity index (χ3v) is 2.90. The molecule has 1 N–H and O–H groups in total. The van der Waals surface area contributed by atoms with Crippen LogP contribution in [0.25, 0.3) is 0 Å². The van der Waals surface area contributed by atoms with E-state index in [-0.39, 0.29) is 5.82 Å². The predicted octanol–water partition coefficient (Wildman–Crippen LogP) is 4.51. The molecule has 0 saturated carbocycles. The minimum atomic E-state index is -0.128. The van der Waals surface area contributed by atoms with Crippen LogP contribution in [0.4, 0.5) is 10.1 Å². The lowest BCUT2D eigenvalue weighted by atomic mass is 10.1. The molecule has 1 aromatic carbocycles. The van der Waals surface area contributed by atoms with Gasteiger partial charge >= 0.3 is 0 Å². The molecule has 1 rings (SSSR count). The Hall–Kier alpha value is -1.05. The number of rotatable bonds is 6. The first-order valence-corrected chi connectivity index (χ1v) is 6.20. The molecule has 0 aromatic heterocycles. The average molecular weight is 223 g/mol. The maximum Gasteiger partial charge on any atom is 0.128 e. The molecule has 0 radical (unpaired) electrons. The Labute approximate surface area is 98.1 Å². The van der Waals surface area contributed by atoms with E-state index < -0.39 is 0 Å². The van der Waals surface area contributed by atoms with Crippen molar-refractivity contribution >= 4 is 5.69 Å². The minimum Gasteiger partial charge on any atom is -0.382 e.